The van der Waals surface area contributed by atoms with E-state index in [-0.39, 0.29) is 12.0 Å². The van der Waals surface area contributed by atoms with E-state index >= 15 is 0 Å². The van der Waals surface area contributed by atoms with E-state index in [0.717, 1.165) is 18.2 Å². The second kappa shape index (κ2) is 5.44. The van der Waals surface area contributed by atoms with E-state index in [9.17, 15) is 13.6 Å². The molecule has 0 aliphatic rings. The second-order valence-electron chi connectivity index (χ2n) is 4.77. The van der Waals surface area contributed by atoms with Gasteiger partial charge in [-0.15, -0.1) is 0 Å². The molecule has 0 aliphatic carbocycles. The standard InChI is InChI=1S/C13H17F2NO2/c1-13(2,12(17)18)16(3)7-6-9-8-10(14)4-5-11(9)15/h4-5,8H,6-7H2,1-3H3,(H,17,18). The van der Waals surface area contributed by atoms with Gasteiger partial charge in [-0.2, -0.15) is 0 Å². The number of hydrogen-bond acceptors (Lipinski definition) is 2. The van der Waals surface area contributed by atoms with E-state index < -0.39 is 23.1 Å². The fraction of sp³-hybridized carbons (Fsp3) is 0.462. The van der Waals surface area contributed by atoms with E-state index in [1.54, 1.807) is 25.8 Å². The number of likely N-dealkylation sites (N-methyl/N-ethyl adjacent to an activating group) is 1. The van der Waals surface area contributed by atoms with Crippen LogP contribution in [0, 0.1) is 11.6 Å². The normalized spacial score (nSPS) is 11.9. The molecule has 0 bridgehead atoms. The summed E-state index contributed by atoms with van der Waals surface area (Å²) >= 11 is 0. The minimum atomic E-state index is -1.04. The Kier molecular flexibility index (Phi) is 4.40. The average molecular weight is 257 g/mol. The molecule has 0 spiro atoms. The van der Waals surface area contributed by atoms with Crippen LogP contribution in [-0.2, 0) is 11.2 Å². The molecule has 0 radical (unpaired) electrons. The minimum Gasteiger partial charge on any atom is -0.480 e. The Hall–Kier alpha value is -1.49. The maximum Gasteiger partial charge on any atom is 0.323 e. The van der Waals surface area contributed by atoms with Crippen molar-refractivity contribution in [3.05, 3.63) is 35.4 Å². The molecule has 0 saturated carbocycles. The maximum absolute atomic E-state index is 13.4. The minimum absolute atomic E-state index is 0.253. The monoisotopic (exact) mass is 257 g/mol. The van der Waals surface area contributed by atoms with Gasteiger partial charge < -0.3 is 5.11 Å². The molecule has 1 aromatic rings. The fourth-order valence-corrected chi connectivity index (χ4v) is 1.47. The summed E-state index contributed by atoms with van der Waals surface area (Å²) in [6.45, 7) is 3.47. The number of carbonyl (C=O) groups is 1. The van der Waals surface area contributed by atoms with Crippen LogP contribution in [0.1, 0.15) is 19.4 Å². The summed E-state index contributed by atoms with van der Waals surface area (Å²) in [7, 11) is 1.64. The van der Waals surface area contributed by atoms with Crippen LogP contribution < -0.4 is 0 Å². The molecule has 0 aliphatic heterocycles. The first kappa shape index (κ1) is 14.6. The van der Waals surface area contributed by atoms with Gasteiger partial charge in [-0.1, -0.05) is 0 Å². The number of aliphatic carboxylic acids is 1. The Morgan fingerprint density at radius 1 is 1.39 bits per heavy atom. The molecular weight excluding hydrogens is 240 g/mol. The first-order valence-electron chi connectivity index (χ1n) is 5.63. The Morgan fingerprint density at radius 3 is 2.56 bits per heavy atom. The predicted octanol–water partition coefficient (Wildman–Crippen LogP) is 2.30. The molecule has 1 rings (SSSR count). The van der Waals surface area contributed by atoms with Gasteiger partial charge in [-0.05, 0) is 51.1 Å². The van der Waals surface area contributed by atoms with Crippen LogP contribution in [0.2, 0.25) is 0 Å². The molecule has 0 fully saturated rings. The zero-order valence-corrected chi connectivity index (χ0v) is 10.7. The van der Waals surface area contributed by atoms with Crippen molar-refractivity contribution < 1.29 is 18.7 Å². The van der Waals surface area contributed by atoms with Crippen LogP contribution in [0.5, 0.6) is 0 Å². The molecule has 0 saturated heterocycles. The van der Waals surface area contributed by atoms with Gasteiger partial charge in [0.2, 0.25) is 0 Å². The Labute approximate surface area is 105 Å². The number of nitrogens with zero attached hydrogens (tertiary/aromatic N) is 1. The molecule has 0 unspecified atom stereocenters. The molecule has 0 heterocycles. The van der Waals surface area contributed by atoms with Crippen molar-refractivity contribution >= 4 is 5.97 Å². The zero-order valence-electron chi connectivity index (χ0n) is 10.7. The lowest BCUT2D eigenvalue weighted by Crippen LogP contribution is -2.48. The predicted molar refractivity (Wildman–Crippen MR) is 64.4 cm³/mol. The van der Waals surface area contributed by atoms with E-state index in [4.69, 9.17) is 5.11 Å². The zero-order chi connectivity index (χ0) is 13.9. The Balaban J connectivity index is 2.71. The van der Waals surface area contributed by atoms with E-state index in [1.165, 1.54) is 0 Å². The van der Waals surface area contributed by atoms with E-state index in [1.807, 2.05) is 0 Å². The van der Waals surface area contributed by atoms with Crippen LogP contribution in [0.3, 0.4) is 0 Å². The maximum atomic E-state index is 13.4. The molecule has 1 aromatic carbocycles. The van der Waals surface area contributed by atoms with Crippen molar-refractivity contribution in [2.75, 3.05) is 13.6 Å². The van der Waals surface area contributed by atoms with Gasteiger partial charge in [0.1, 0.15) is 17.2 Å². The third kappa shape index (κ3) is 3.26. The molecule has 18 heavy (non-hydrogen) atoms. The molecule has 0 aromatic heterocycles. The SMILES string of the molecule is CN(CCc1cc(F)ccc1F)C(C)(C)C(=O)O. The van der Waals surface area contributed by atoms with Gasteiger partial charge >= 0.3 is 5.97 Å². The topological polar surface area (TPSA) is 40.5 Å². The van der Waals surface area contributed by atoms with Gasteiger partial charge in [0.15, 0.2) is 0 Å². The van der Waals surface area contributed by atoms with Crippen molar-refractivity contribution in [3.8, 4) is 0 Å². The highest BCUT2D eigenvalue weighted by Crippen LogP contribution is 2.15. The number of benzene rings is 1. The number of carboxylic acid groups (broad SMARTS) is 1. The molecule has 1 N–H and O–H groups in total. The first-order valence-corrected chi connectivity index (χ1v) is 5.63. The quantitative estimate of drug-likeness (QED) is 0.880. The second-order valence-corrected chi connectivity index (χ2v) is 4.77. The first-order chi connectivity index (χ1) is 8.25. The average Bonchev–Trinajstić information content (AvgIpc) is 2.29. The van der Waals surface area contributed by atoms with Crippen LogP contribution in [-0.4, -0.2) is 35.1 Å². The lowest BCUT2D eigenvalue weighted by molar-refractivity contribution is -0.148. The lowest BCUT2D eigenvalue weighted by atomic mass is 10.0. The smallest absolute Gasteiger partial charge is 0.323 e. The summed E-state index contributed by atoms with van der Waals surface area (Å²) in [5.41, 5.74) is -0.785. The molecule has 0 amide bonds. The highest BCUT2D eigenvalue weighted by Gasteiger charge is 2.31. The lowest BCUT2D eigenvalue weighted by Gasteiger charge is -2.31. The van der Waals surface area contributed by atoms with Gasteiger partial charge in [0, 0.05) is 6.54 Å². The number of rotatable bonds is 5. The number of carboxylic acids is 1. The number of halogens is 2. The van der Waals surface area contributed by atoms with Crippen LogP contribution >= 0.6 is 0 Å². The van der Waals surface area contributed by atoms with Gasteiger partial charge in [0.05, 0.1) is 0 Å². The van der Waals surface area contributed by atoms with Crippen molar-refractivity contribution in [3.63, 3.8) is 0 Å². The third-order valence-electron chi connectivity index (χ3n) is 3.20. The van der Waals surface area contributed by atoms with Crippen molar-refractivity contribution in [1.82, 2.24) is 4.90 Å². The fourth-order valence-electron chi connectivity index (χ4n) is 1.47. The molecular formula is C13H17F2NO2. The Bertz CT molecular complexity index is 447. The van der Waals surface area contributed by atoms with E-state index in [2.05, 4.69) is 0 Å². The highest BCUT2D eigenvalue weighted by atomic mass is 19.1. The summed E-state index contributed by atoms with van der Waals surface area (Å²) < 4.78 is 26.3. The van der Waals surface area contributed by atoms with Crippen molar-refractivity contribution in [2.45, 2.75) is 25.8 Å². The van der Waals surface area contributed by atoms with Gasteiger partial charge in [-0.3, -0.25) is 9.69 Å². The summed E-state index contributed by atoms with van der Waals surface area (Å²) in [4.78, 5) is 12.6. The largest absolute Gasteiger partial charge is 0.480 e. The van der Waals surface area contributed by atoms with Gasteiger partial charge in [0.25, 0.3) is 0 Å². The molecule has 100 valence electrons. The van der Waals surface area contributed by atoms with Gasteiger partial charge in [-0.25, -0.2) is 8.78 Å². The van der Waals surface area contributed by atoms with Crippen LogP contribution in [0.15, 0.2) is 18.2 Å². The van der Waals surface area contributed by atoms with E-state index in [0.29, 0.717) is 6.54 Å². The summed E-state index contributed by atoms with van der Waals surface area (Å²) in [6.07, 6.45) is 0.261. The highest BCUT2D eigenvalue weighted by molar-refractivity contribution is 5.77. The summed E-state index contributed by atoms with van der Waals surface area (Å²) in [5.74, 6) is -1.92. The molecule has 0 atom stereocenters. The summed E-state index contributed by atoms with van der Waals surface area (Å²) in [5, 5.41) is 9.03. The van der Waals surface area contributed by atoms with Crippen LogP contribution in [0.25, 0.3) is 0 Å². The molecule has 3 nitrogen and oxygen atoms in total. The molecule has 5 heteroatoms. The van der Waals surface area contributed by atoms with Crippen LogP contribution in [0.4, 0.5) is 8.78 Å². The van der Waals surface area contributed by atoms with Crippen molar-refractivity contribution in [2.24, 2.45) is 0 Å². The third-order valence-corrected chi connectivity index (χ3v) is 3.20. The van der Waals surface area contributed by atoms with Crippen molar-refractivity contribution in [1.29, 1.82) is 0 Å². The number of hydrogen-bond donors (Lipinski definition) is 1. The summed E-state index contributed by atoms with van der Waals surface area (Å²) in [6, 6.07) is 3.27. The Morgan fingerprint density at radius 2 is 2.00 bits per heavy atom.